The van der Waals surface area contributed by atoms with E-state index in [9.17, 15) is 5.11 Å². The normalized spacial score (nSPS) is 15.9. The number of fused-ring (bicyclic) bond motifs is 2. The average Bonchev–Trinajstić information content (AvgIpc) is 3.06. The highest BCUT2D eigenvalue weighted by molar-refractivity contribution is 5.99. The number of H-pyrrole nitrogens is 1. The highest BCUT2D eigenvalue weighted by Gasteiger charge is 2.24. The molecule has 0 saturated carbocycles. The van der Waals surface area contributed by atoms with Crippen LogP contribution in [0.3, 0.4) is 0 Å². The highest BCUT2D eigenvalue weighted by atomic mass is 16.3. The maximum Gasteiger partial charge on any atom is 0.160 e. The van der Waals surface area contributed by atoms with Gasteiger partial charge in [-0.05, 0) is 29.3 Å². The molecule has 5 nitrogen and oxygen atoms in total. The van der Waals surface area contributed by atoms with Gasteiger partial charge in [-0.2, -0.15) is 5.10 Å². The molecule has 0 spiro atoms. The van der Waals surface area contributed by atoms with Crippen LogP contribution >= 0.6 is 0 Å². The fourth-order valence-electron chi connectivity index (χ4n) is 3.68. The summed E-state index contributed by atoms with van der Waals surface area (Å²) in [6.07, 6.45) is 3.86. The molecule has 1 aliphatic rings. The van der Waals surface area contributed by atoms with Crippen LogP contribution in [0, 0.1) is 0 Å². The summed E-state index contributed by atoms with van der Waals surface area (Å²) >= 11 is 0. The molecule has 0 aliphatic carbocycles. The van der Waals surface area contributed by atoms with Crippen molar-refractivity contribution in [3.05, 3.63) is 72.1 Å². The van der Waals surface area contributed by atoms with E-state index < -0.39 is 0 Å². The van der Waals surface area contributed by atoms with E-state index in [4.69, 9.17) is 0 Å². The lowest BCUT2D eigenvalue weighted by Crippen LogP contribution is -2.16. The number of hydrogen-bond acceptors (Lipinski definition) is 4. The molecule has 0 fully saturated rings. The predicted octanol–water partition coefficient (Wildman–Crippen LogP) is 3.89. The molecule has 0 amide bonds. The smallest absolute Gasteiger partial charge is 0.160 e. The van der Waals surface area contributed by atoms with Crippen LogP contribution in [-0.2, 0) is 0 Å². The third-order valence-electron chi connectivity index (χ3n) is 4.89. The Morgan fingerprint density at radius 3 is 2.72 bits per heavy atom. The Balaban J connectivity index is 1.80. The first-order chi connectivity index (χ1) is 12.3. The van der Waals surface area contributed by atoms with E-state index in [0.717, 1.165) is 40.0 Å². The van der Waals surface area contributed by atoms with Crippen molar-refractivity contribution < 1.29 is 5.11 Å². The first-order valence-electron chi connectivity index (χ1n) is 8.26. The van der Waals surface area contributed by atoms with E-state index >= 15 is 0 Å². The Morgan fingerprint density at radius 1 is 1.00 bits per heavy atom. The number of para-hydroxylation sites is 1. The summed E-state index contributed by atoms with van der Waals surface area (Å²) in [6.45, 7) is 0.760. The second-order valence-electron chi connectivity index (χ2n) is 6.30. The standard InChI is InChI=1S/C20H16N4O/c25-13-7-5-12(6-8-13)15-9-21-18-4-2-1-3-14(18)17-11-23-24-20-19(17)16(15)10-22-20/h1-8,10-11,15,21,25H,9H2,(H,22,24). The van der Waals surface area contributed by atoms with Gasteiger partial charge in [-0.25, -0.2) is 0 Å². The molecule has 0 radical (unpaired) electrons. The SMILES string of the molecule is Oc1ccc(C2CNc3ccccc3-c3cnnc4[nH]cc2c34)cc1. The number of aromatic hydroxyl groups is 1. The lowest BCUT2D eigenvalue weighted by atomic mass is 9.87. The fraction of sp³-hybridized carbons (Fsp3) is 0.100. The molecule has 122 valence electrons. The van der Waals surface area contributed by atoms with Gasteiger partial charge in [0.05, 0.1) is 6.20 Å². The van der Waals surface area contributed by atoms with Crippen LogP contribution in [0.5, 0.6) is 5.75 Å². The number of aromatic amines is 1. The number of phenols is 1. The average molecular weight is 328 g/mol. The van der Waals surface area contributed by atoms with Gasteiger partial charge in [-0.15, -0.1) is 5.10 Å². The maximum atomic E-state index is 9.62. The molecule has 5 heteroatoms. The molecule has 1 aliphatic heterocycles. The van der Waals surface area contributed by atoms with Crippen LogP contribution in [0.25, 0.3) is 22.2 Å². The van der Waals surface area contributed by atoms with Gasteiger partial charge < -0.3 is 15.4 Å². The largest absolute Gasteiger partial charge is 0.508 e. The lowest BCUT2D eigenvalue weighted by molar-refractivity contribution is 0.475. The minimum Gasteiger partial charge on any atom is -0.508 e. The van der Waals surface area contributed by atoms with E-state index in [2.05, 4.69) is 32.6 Å². The Hall–Kier alpha value is -3.34. The number of nitrogens with one attached hydrogen (secondary N) is 2. The molecule has 3 N–H and O–H groups in total. The Bertz CT molecular complexity index is 1070. The van der Waals surface area contributed by atoms with Crippen molar-refractivity contribution >= 4 is 16.7 Å². The molecule has 0 bridgehead atoms. The van der Waals surface area contributed by atoms with Gasteiger partial charge in [0, 0.05) is 40.9 Å². The maximum absolute atomic E-state index is 9.62. The van der Waals surface area contributed by atoms with Gasteiger partial charge in [0.2, 0.25) is 0 Å². The molecule has 1 atom stereocenters. The number of hydrogen-bond donors (Lipinski definition) is 3. The second-order valence-corrected chi connectivity index (χ2v) is 6.30. The van der Waals surface area contributed by atoms with Gasteiger partial charge in [0.15, 0.2) is 5.65 Å². The zero-order valence-electron chi connectivity index (χ0n) is 13.4. The second kappa shape index (κ2) is 5.34. The number of phenolic OH excluding ortho intramolecular Hbond substituents is 1. The summed E-state index contributed by atoms with van der Waals surface area (Å²) < 4.78 is 0. The minimum absolute atomic E-state index is 0.144. The van der Waals surface area contributed by atoms with E-state index in [0.29, 0.717) is 0 Å². The summed E-state index contributed by atoms with van der Waals surface area (Å²) in [6, 6.07) is 15.7. The van der Waals surface area contributed by atoms with E-state index in [1.807, 2.05) is 36.7 Å². The van der Waals surface area contributed by atoms with Crippen LogP contribution in [0.1, 0.15) is 17.0 Å². The third kappa shape index (κ3) is 2.16. The number of nitrogens with zero attached hydrogens (tertiary/aromatic N) is 2. The molecule has 25 heavy (non-hydrogen) atoms. The van der Waals surface area contributed by atoms with E-state index in [1.165, 1.54) is 5.56 Å². The summed E-state index contributed by atoms with van der Waals surface area (Å²) in [5.41, 5.74) is 6.43. The molecule has 1 unspecified atom stereocenters. The molecule has 2 aromatic carbocycles. The third-order valence-corrected chi connectivity index (χ3v) is 4.89. The van der Waals surface area contributed by atoms with Gasteiger partial charge in [-0.1, -0.05) is 30.3 Å². The van der Waals surface area contributed by atoms with Gasteiger partial charge in [0.1, 0.15) is 5.75 Å². The Morgan fingerprint density at radius 2 is 1.84 bits per heavy atom. The van der Waals surface area contributed by atoms with Crippen molar-refractivity contribution in [1.82, 2.24) is 15.2 Å². The molecule has 4 aromatic rings. The summed E-state index contributed by atoms with van der Waals surface area (Å²) in [7, 11) is 0. The Kier molecular flexibility index (Phi) is 3.00. The van der Waals surface area contributed by atoms with Crippen molar-refractivity contribution in [2.45, 2.75) is 5.92 Å². The van der Waals surface area contributed by atoms with Gasteiger partial charge in [0.25, 0.3) is 0 Å². The molecular formula is C20H16N4O. The van der Waals surface area contributed by atoms with Crippen molar-refractivity contribution in [1.29, 1.82) is 0 Å². The highest BCUT2D eigenvalue weighted by Crippen LogP contribution is 2.40. The topological polar surface area (TPSA) is 73.8 Å². The number of anilines is 1. The van der Waals surface area contributed by atoms with Crippen LogP contribution in [0.2, 0.25) is 0 Å². The Labute approximate surface area is 144 Å². The van der Waals surface area contributed by atoms with Crippen molar-refractivity contribution in [2.75, 3.05) is 11.9 Å². The molecule has 3 heterocycles. The first kappa shape index (κ1) is 14.0. The van der Waals surface area contributed by atoms with E-state index in [-0.39, 0.29) is 11.7 Å². The number of benzene rings is 2. The van der Waals surface area contributed by atoms with Gasteiger partial charge >= 0.3 is 0 Å². The number of aromatic nitrogens is 3. The van der Waals surface area contributed by atoms with E-state index in [1.54, 1.807) is 12.1 Å². The monoisotopic (exact) mass is 328 g/mol. The van der Waals surface area contributed by atoms with Crippen LogP contribution in [0.4, 0.5) is 5.69 Å². The predicted molar refractivity (Wildman–Crippen MR) is 97.8 cm³/mol. The van der Waals surface area contributed by atoms with Crippen LogP contribution in [0.15, 0.2) is 60.9 Å². The van der Waals surface area contributed by atoms with Gasteiger partial charge in [-0.3, -0.25) is 0 Å². The summed E-state index contributed by atoms with van der Waals surface area (Å²) in [5.74, 6) is 0.420. The minimum atomic E-state index is 0.144. The fourth-order valence-corrected chi connectivity index (χ4v) is 3.68. The van der Waals surface area contributed by atoms with Crippen molar-refractivity contribution in [3.63, 3.8) is 0 Å². The summed E-state index contributed by atoms with van der Waals surface area (Å²) in [4.78, 5) is 3.27. The first-order valence-corrected chi connectivity index (χ1v) is 8.26. The molecule has 0 saturated heterocycles. The molecule has 2 aromatic heterocycles. The summed E-state index contributed by atoms with van der Waals surface area (Å²) in [5, 5.41) is 22.7. The lowest BCUT2D eigenvalue weighted by Gasteiger charge is -2.23. The molecular weight excluding hydrogens is 312 g/mol. The van der Waals surface area contributed by atoms with Crippen LogP contribution < -0.4 is 5.32 Å². The zero-order valence-corrected chi connectivity index (χ0v) is 13.4. The quantitative estimate of drug-likeness (QED) is 0.496. The van der Waals surface area contributed by atoms with Crippen LogP contribution in [-0.4, -0.2) is 26.8 Å². The van der Waals surface area contributed by atoms with Crippen molar-refractivity contribution in [3.8, 4) is 16.9 Å². The molecule has 5 rings (SSSR count). The number of rotatable bonds is 1. The van der Waals surface area contributed by atoms with Crippen molar-refractivity contribution in [2.24, 2.45) is 0 Å². The zero-order chi connectivity index (χ0) is 16.8.